The minimum atomic E-state index is -0.470. The van der Waals surface area contributed by atoms with E-state index in [-0.39, 0.29) is 6.04 Å². The van der Waals surface area contributed by atoms with Crippen molar-refractivity contribution < 1.29 is 9.53 Å². The van der Waals surface area contributed by atoms with Gasteiger partial charge in [0.15, 0.2) is 0 Å². The van der Waals surface area contributed by atoms with E-state index in [1.807, 2.05) is 0 Å². The molecule has 3 N–H and O–H groups in total. The van der Waals surface area contributed by atoms with Crippen molar-refractivity contribution in [1.82, 2.24) is 0 Å². The van der Waals surface area contributed by atoms with Crippen LogP contribution in [0.1, 0.15) is 24.2 Å². The van der Waals surface area contributed by atoms with Crippen LogP contribution >= 0.6 is 11.6 Å². The Labute approximate surface area is 112 Å². The molecule has 1 amide bonds. The number of nitrogens with two attached hydrogens (primary N) is 1. The summed E-state index contributed by atoms with van der Waals surface area (Å²) in [7, 11) is 1.65. The lowest BCUT2D eigenvalue weighted by atomic mass is 10.0. The Hall–Kier alpha value is -1.26. The fraction of sp³-hybridized carbons (Fsp3) is 0.462. The van der Waals surface area contributed by atoms with Crippen molar-refractivity contribution >= 4 is 23.2 Å². The molecule has 0 aliphatic carbocycles. The van der Waals surface area contributed by atoms with Crippen molar-refractivity contribution in [2.45, 2.75) is 19.9 Å². The zero-order chi connectivity index (χ0) is 13.7. The predicted molar refractivity (Wildman–Crippen MR) is 74.1 cm³/mol. The number of carbonyl (C=O) groups is 1. The molecule has 5 heteroatoms. The number of halogens is 1. The van der Waals surface area contributed by atoms with Crippen LogP contribution < -0.4 is 11.1 Å². The summed E-state index contributed by atoms with van der Waals surface area (Å²) in [6.07, 6.45) is 0. The van der Waals surface area contributed by atoms with Crippen LogP contribution in [0, 0.1) is 5.92 Å². The van der Waals surface area contributed by atoms with Crippen molar-refractivity contribution in [1.29, 1.82) is 0 Å². The lowest BCUT2D eigenvalue weighted by Crippen LogP contribution is -2.30. The van der Waals surface area contributed by atoms with Gasteiger partial charge < -0.3 is 15.8 Å². The number of anilines is 1. The Balaban J connectivity index is 2.93. The predicted octanol–water partition coefficient (Wildman–Crippen LogP) is 2.52. The van der Waals surface area contributed by atoms with E-state index in [1.54, 1.807) is 25.3 Å². The van der Waals surface area contributed by atoms with E-state index in [9.17, 15) is 4.79 Å². The van der Waals surface area contributed by atoms with Crippen LogP contribution in [-0.2, 0) is 4.74 Å². The molecule has 0 radical (unpaired) electrons. The third kappa shape index (κ3) is 3.89. The first-order valence-corrected chi connectivity index (χ1v) is 6.18. The van der Waals surface area contributed by atoms with E-state index >= 15 is 0 Å². The summed E-state index contributed by atoms with van der Waals surface area (Å²) in [6.45, 7) is 4.74. The number of hydrogen-bond acceptors (Lipinski definition) is 3. The highest BCUT2D eigenvalue weighted by Gasteiger charge is 2.15. The molecule has 1 rings (SSSR count). The third-order valence-corrected chi connectivity index (χ3v) is 3.07. The van der Waals surface area contributed by atoms with Crippen LogP contribution in [0.2, 0.25) is 5.02 Å². The molecule has 1 unspecified atom stereocenters. The lowest BCUT2D eigenvalue weighted by molar-refractivity contribution is 0.100. The average molecular weight is 271 g/mol. The van der Waals surface area contributed by atoms with Crippen molar-refractivity contribution in [3.8, 4) is 0 Å². The first-order chi connectivity index (χ1) is 8.45. The maximum atomic E-state index is 11.1. The van der Waals surface area contributed by atoms with Gasteiger partial charge in [0.2, 0.25) is 5.91 Å². The van der Waals surface area contributed by atoms with Crippen LogP contribution in [0.5, 0.6) is 0 Å². The summed E-state index contributed by atoms with van der Waals surface area (Å²) in [5.74, 6) is -0.0965. The number of amides is 1. The summed E-state index contributed by atoms with van der Waals surface area (Å²) in [5.41, 5.74) is 6.38. The minimum Gasteiger partial charge on any atom is -0.383 e. The Bertz CT molecular complexity index is 421. The zero-order valence-electron chi connectivity index (χ0n) is 10.9. The number of carbonyl (C=O) groups excluding carboxylic acids is 1. The summed E-state index contributed by atoms with van der Waals surface area (Å²) in [6, 6.07) is 5.05. The van der Waals surface area contributed by atoms with Crippen LogP contribution in [0.15, 0.2) is 18.2 Å². The third-order valence-electron chi connectivity index (χ3n) is 2.74. The number of methoxy groups -OCH3 is 1. The first kappa shape index (κ1) is 14.8. The van der Waals surface area contributed by atoms with Gasteiger partial charge in [0.25, 0.3) is 0 Å². The number of primary amides is 1. The number of hydrogen-bond donors (Lipinski definition) is 2. The van der Waals surface area contributed by atoms with E-state index in [4.69, 9.17) is 22.1 Å². The molecule has 4 nitrogen and oxygen atoms in total. The number of rotatable bonds is 6. The van der Waals surface area contributed by atoms with Gasteiger partial charge in [-0.3, -0.25) is 4.79 Å². The Kier molecular flexibility index (Phi) is 5.44. The average Bonchev–Trinajstić information content (AvgIpc) is 2.30. The van der Waals surface area contributed by atoms with Crippen LogP contribution in [0.4, 0.5) is 5.69 Å². The minimum absolute atomic E-state index is 0.121. The normalized spacial score (nSPS) is 12.5. The fourth-order valence-corrected chi connectivity index (χ4v) is 1.74. The molecule has 0 fully saturated rings. The van der Waals surface area contributed by atoms with Crippen molar-refractivity contribution in [2.75, 3.05) is 19.0 Å². The van der Waals surface area contributed by atoms with Crippen molar-refractivity contribution in [3.63, 3.8) is 0 Å². The SMILES string of the molecule is COCC(Nc1cc(C(N)=O)ccc1Cl)C(C)C. The fourth-order valence-electron chi connectivity index (χ4n) is 1.57. The molecular formula is C13H19ClN2O2. The highest BCUT2D eigenvalue weighted by molar-refractivity contribution is 6.33. The molecule has 0 aromatic heterocycles. The molecule has 0 spiro atoms. The molecule has 1 atom stereocenters. The summed E-state index contributed by atoms with van der Waals surface area (Å²) < 4.78 is 5.16. The summed E-state index contributed by atoms with van der Waals surface area (Å²) in [5, 5.41) is 3.84. The Morgan fingerprint density at radius 1 is 1.50 bits per heavy atom. The monoisotopic (exact) mass is 270 g/mol. The van der Waals surface area contributed by atoms with Gasteiger partial charge >= 0.3 is 0 Å². The van der Waals surface area contributed by atoms with E-state index in [2.05, 4.69) is 19.2 Å². The Morgan fingerprint density at radius 2 is 2.17 bits per heavy atom. The molecule has 1 aromatic carbocycles. The highest BCUT2D eigenvalue weighted by Crippen LogP contribution is 2.25. The molecule has 0 aliphatic heterocycles. The molecule has 0 aliphatic rings. The second-order valence-electron chi connectivity index (χ2n) is 4.51. The largest absolute Gasteiger partial charge is 0.383 e. The highest BCUT2D eigenvalue weighted by atomic mass is 35.5. The molecule has 18 heavy (non-hydrogen) atoms. The quantitative estimate of drug-likeness (QED) is 0.835. The second kappa shape index (κ2) is 6.61. The number of benzene rings is 1. The van der Waals surface area contributed by atoms with Crippen LogP contribution in [-0.4, -0.2) is 25.7 Å². The molecule has 0 heterocycles. The number of nitrogens with one attached hydrogen (secondary N) is 1. The van der Waals surface area contributed by atoms with Gasteiger partial charge in [-0.25, -0.2) is 0 Å². The van der Waals surface area contributed by atoms with Gasteiger partial charge in [-0.2, -0.15) is 0 Å². The maximum Gasteiger partial charge on any atom is 0.248 e. The van der Waals surface area contributed by atoms with Gasteiger partial charge in [-0.05, 0) is 24.1 Å². The molecule has 100 valence electrons. The van der Waals surface area contributed by atoms with E-state index in [0.717, 1.165) is 0 Å². The number of ether oxygens (including phenoxy) is 1. The summed E-state index contributed by atoms with van der Waals surface area (Å²) >= 11 is 6.09. The van der Waals surface area contributed by atoms with Crippen LogP contribution in [0.3, 0.4) is 0 Å². The smallest absolute Gasteiger partial charge is 0.248 e. The lowest BCUT2D eigenvalue weighted by Gasteiger charge is -2.23. The zero-order valence-corrected chi connectivity index (χ0v) is 11.6. The molecule has 0 saturated heterocycles. The van der Waals surface area contributed by atoms with E-state index in [0.29, 0.717) is 28.8 Å². The molecule has 0 saturated carbocycles. The van der Waals surface area contributed by atoms with Gasteiger partial charge in [-0.1, -0.05) is 25.4 Å². The van der Waals surface area contributed by atoms with Crippen molar-refractivity contribution in [2.24, 2.45) is 11.7 Å². The van der Waals surface area contributed by atoms with E-state index < -0.39 is 5.91 Å². The van der Waals surface area contributed by atoms with Crippen LogP contribution in [0.25, 0.3) is 0 Å². The Morgan fingerprint density at radius 3 is 2.67 bits per heavy atom. The molecule has 1 aromatic rings. The van der Waals surface area contributed by atoms with Gasteiger partial charge in [-0.15, -0.1) is 0 Å². The van der Waals surface area contributed by atoms with E-state index in [1.165, 1.54) is 0 Å². The first-order valence-electron chi connectivity index (χ1n) is 5.80. The summed E-state index contributed by atoms with van der Waals surface area (Å²) in [4.78, 5) is 11.1. The maximum absolute atomic E-state index is 11.1. The standard InChI is InChI=1S/C13H19ClN2O2/c1-8(2)12(7-18-3)16-11-6-9(13(15)17)4-5-10(11)14/h4-6,8,12,16H,7H2,1-3H3,(H2,15,17). The topological polar surface area (TPSA) is 64.3 Å². The molecule has 0 bridgehead atoms. The van der Waals surface area contributed by atoms with Gasteiger partial charge in [0.1, 0.15) is 0 Å². The van der Waals surface area contributed by atoms with Crippen molar-refractivity contribution in [3.05, 3.63) is 28.8 Å². The second-order valence-corrected chi connectivity index (χ2v) is 4.92. The van der Waals surface area contributed by atoms with Gasteiger partial charge in [0, 0.05) is 12.7 Å². The molecular weight excluding hydrogens is 252 g/mol. The van der Waals surface area contributed by atoms with Gasteiger partial charge in [0.05, 0.1) is 23.4 Å².